The molecular formula is C16H22N6O3S. The minimum Gasteiger partial charge on any atom is -0.479 e. The van der Waals surface area contributed by atoms with Gasteiger partial charge in [-0.25, -0.2) is 9.78 Å². The van der Waals surface area contributed by atoms with E-state index in [2.05, 4.69) is 20.7 Å². The van der Waals surface area contributed by atoms with Gasteiger partial charge in [-0.15, -0.1) is 5.10 Å². The average molecular weight is 378 g/mol. The van der Waals surface area contributed by atoms with Crippen molar-refractivity contribution in [2.45, 2.75) is 32.9 Å². The van der Waals surface area contributed by atoms with Gasteiger partial charge in [0.1, 0.15) is 5.56 Å². The standard InChI is InChI=1S/C16H22N6O3S/c1-9(2)17-15(24)19-16-18-11-5-6-22(8-12(11)26-16)14(23)10-7-21(3)20-13(10)25-4/h7,9H,5-6,8H2,1-4H3,(H2,17,18,19,24). The Morgan fingerprint density at radius 2 is 2.15 bits per heavy atom. The van der Waals surface area contributed by atoms with Gasteiger partial charge in [0.2, 0.25) is 5.88 Å². The lowest BCUT2D eigenvalue weighted by molar-refractivity contribution is 0.0732. The molecular weight excluding hydrogens is 356 g/mol. The number of anilines is 1. The topological polar surface area (TPSA) is 101 Å². The highest BCUT2D eigenvalue weighted by Crippen LogP contribution is 2.29. The Kier molecular flexibility index (Phi) is 5.12. The molecule has 10 heteroatoms. The third-order valence-corrected chi connectivity index (χ3v) is 4.88. The van der Waals surface area contributed by atoms with Gasteiger partial charge in [0.25, 0.3) is 5.91 Å². The summed E-state index contributed by atoms with van der Waals surface area (Å²) in [6, 6.07) is -0.230. The van der Waals surface area contributed by atoms with Crippen LogP contribution >= 0.6 is 11.3 Å². The Hall–Kier alpha value is -2.62. The lowest BCUT2D eigenvalue weighted by atomic mass is 10.1. The van der Waals surface area contributed by atoms with Crippen molar-refractivity contribution in [3.63, 3.8) is 0 Å². The van der Waals surface area contributed by atoms with Crippen LogP contribution in [0.4, 0.5) is 9.93 Å². The first-order valence-electron chi connectivity index (χ1n) is 8.30. The molecule has 3 rings (SSSR count). The van der Waals surface area contributed by atoms with Gasteiger partial charge >= 0.3 is 6.03 Å². The summed E-state index contributed by atoms with van der Waals surface area (Å²) in [7, 11) is 3.24. The van der Waals surface area contributed by atoms with E-state index in [0.717, 1.165) is 10.6 Å². The molecule has 2 aromatic heterocycles. The maximum absolute atomic E-state index is 12.8. The summed E-state index contributed by atoms with van der Waals surface area (Å²) in [5.74, 6) is 0.196. The minimum absolute atomic E-state index is 0.0483. The highest BCUT2D eigenvalue weighted by Gasteiger charge is 2.28. The first kappa shape index (κ1) is 18.2. The van der Waals surface area contributed by atoms with Crippen LogP contribution in [0.15, 0.2) is 6.20 Å². The van der Waals surface area contributed by atoms with Crippen LogP contribution in [0.5, 0.6) is 5.88 Å². The van der Waals surface area contributed by atoms with Crippen molar-refractivity contribution in [3.8, 4) is 5.88 Å². The van der Waals surface area contributed by atoms with E-state index in [1.165, 1.54) is 18.4 Å². The fourth-order valence-corrected chi connectivity index (χ4v) is 3.77. The molecule has 0 saturated heterocycles. The second kappa shape index (κ2) is 7.32. The van der Waals surface area contributed by atoms with Gasteiger partial charge in [0.05, 0.1) is 19.3 Å². The summed E-state index contributed by atoms with van der Waals surface area (Å²) in [6.45, 7) is 4.80. The maximum atomic E-state index is 12.8. The van der Waals surface area contributed by atoms with E-state index in [0.29, 0.717) is 36.1 Å². The van der Waals surface area contributed by atoms with E-state index in [9.17, 15) is 9.59 Å². The highest BCUT2D eigenvalue weighted by atomic mass is 32.1. The van der Waals surface area contributed by atoms with Crippen molar-refractivity contribution in [3.05, 3.63) is 22.3 Å². The molecule has 0 fully saturated rings. The molecule has 0 saturated carbocycles. The lowest BCUT2D eigenvalue weighted by Gasteiger charge is -2.25. The van der Waals surface area contributed by atoms with E-state index in [1.54, 1.807) is 22.8 Å². The molecule has 0 unspecified atom stereocenters. The van der Waals surface area contributed by atoms with E-state index in [-0.39, 0.29) is 18.0 Å². The van der Waals surface area contributed by atoms with Crippen LogP contribution in [-0.2, 0) is 20.0 Å². The fraction of sp³-hybridized carbons (Fsp3) is 0.500. The zero-order chi connectivity index (χ0) is 18.8. The average Bonchev–Trinajstić information content (AvgIpc) is 3.14. The molecule has 0 radical (unpaired) electrons. The molecule has 0 bridgehead atoms. The van der Waals surface area contributed by atoms with E-state index < -0.39 is 0 Å². The molecule has 0 atom stereocenters. The molecule has 3 heterocycles. The summed E-state index contributed by atoms with van der Waals surface area (Å²) in [5, 5.41) is 10.2. The number of nitrogens with zero attached hydrogens (tertiary/aromatic N) is 4. The molecule has 3 amide bonds. The number of hydrogen-bond donors (Lipinski definition) is 2. The highest BCUT2D eigenvalue weighted by molar-refractivity contribution is 7.15. The van der Waals surface area contributed by atoms with Crippen LogP contribution in [0.3, 0.4) is 0 Å². The molecule has 2 aromatic rings. The van der Waals surface area contributed by atoms with Crippen LogP contribution in [0.1, 0.15) is 34.8 Å². The number of methoxy groups -OCH3 is 1. The van der Waals surface area contributed by atoms with Gasteiger partial charge in [-0.3, -0.25) is 14.8 Å². The lowest BCUT2D eigenvalue weighted by Crippen LogP contribution is -2.35. The normalized spacial score (nSPS) is 13.5. The Balaban J connectivity index is 1.71. The zero-order valence-electron chi connectivity index (χ0n) is 15.2. The Morgan fingerprint density at radius 3 is 2.85 bits per heavy atom. The van der Waals surface area contributed by atoms with Crippen molar-refractivity contribution < 1.29 is 14.3 Å². The first-order valence-corrected chi connectivity index (χ1v) is 9.12. The van der Waals surface area contributed by atoms with E-state index >= 15 is 0 Å². The number of carbonyl (C=O) groups is 2. The number of amides is 3. The number of ether oxygens (including phenoxy) is 1. The minimum atomic E-state index is -0.279. The smallest absolute Gasteiger partial charge is 0.321 e. The molecule has 1 aliphatic heterocycles. The molecule has 0 aliphatic carbocycles. The van der Waals surface area contributed by atoms with Gasteiger partial charge in [0.15, 0.2) is 5.13 Å². The van der Waals surface area contributed by atoms with Crippen molar-refractivity contribution in [1.82, 2.24) is 25.0 Å². The van der Waals surface area contributed by atoms with Crippen LogP contribution in [0, 0.1) is 0 Å². The molecule has 0 aromatic carbocycles. The number of aromatic nitrogens is 3. The van der Waals surface area contributed by atoms with Gasteiger partial charge in [0, 0.05) is 37.1 Å². The predicted octanol–water partition coefficient (Wildman–Crippen LogP) is 1.61. The number of urea groups is 1. The Morgan fingerprint density at radius 1 is 1.38 bits per heavy atom. The molecule has 9 nitrogen and oxygen atoms in total. The van der Waals surface area contributed by atoms with Crippen molar-refractivity contribution in [2.75, 3.05) is 19.0 Å². The Labute approximate surface area is 155 Å². The largest absolute Gasteiger partial charge is 0.479 e. The van der Waals surface area contributed by atoms with Gasteiger partial charge in [-0.1, -0.05) is 11.3 Å². The van der Waals surface area contributed by atoms with Crippen LogP contribution in [0.25, 0.3) is 0 Å². The second-order valence-corrected chi connectivity index (χ2v) is 7.43. The summed E-state index contributed by atoms with van der Waals surface area (Å²) < 4.78 is 6.74. The number of thiazole rings is 1. The maximum Gasteiger partial charge on any atom is 0.321 e. The SMILES string of the molecule is COc1nn(C)cc1C(=O)N1CCc2nc(NC(=O)NC(C)C)sc2C1. The number of fused-ring (bicyclic) bond motifs is 1. The summed E-state index contributed by atoms with van der Waals surface area (Å²) in [4.78, 5) is 31.8. The number of hydrogen-bond acceptors (Lipinski definition) is 6. The van der Waals surface area contributed by atoms with Gasteiger partial charge in [-0.2, -0.15) is 0 Å². The fourth-order valence-electron chi connectivity index (χ4n) is 2.75. The van der Waals surface area contributed by atoms with Gasteiger partial charge in [-0.05, 0) is 13.8 Å². The number of carbonyl (C=O) groups excluding carboxylic acids is 2. The third-order valence-electron chi connectivity index (χ3n) is 3.88. The molecule has 1 aliphatic rings. The second-order valence-electron chi connectivity index (χ2n) is 6.34. The predicted molar refractivity (Wildman–Crippen MR) is 97.6 cm³/mol. The van der Waals surface area contributed by atoms with Crippen LogP contribution < -0.4 is 15.4 Å². The van der Waals surface area contributed by atoms with E-state index in [4.69, 9.17) is 4.74 Å². The number of aryl methyl sites for hydroxylation is 1. The van der Waals surface area contributed by atoms with E-state index in [1.807, 2.05) is 13.8 Å². The van der Waals surface area contributed by atoms with Gasteiger partial charge < -0.3 is 15.0 Å². The van der Waals surface area contributed by atoms with Crippen LogP contribution in [0.2, 0.25) is 0 Å². The summed E-state index contributed by atoms with van der Waals surface area (Å²) in [5.41, 5.74) is 1.37. The molecule has 2 N–H and O–H groups in total. The quantitative estimate of drug-likeness (QED) is 0.842. The monoisotopic (exact) mass is 378 g/mol. The van der Waals surface area contributed by atoms with Crippen molar-refractivity contribution >= 4 is 28.4 Å². The number of nitrogens with one attached hydrogen (secondary N) is 2. The third kappa shape index (κ3) is 3.79. The molecule has 26 heavy (non-hydrogen) atoms. The Bertz CT molecular complexity index is 828. The zero-order valence-corrected chi connectivity index (χ0v) is 16.0. The first-order chi connectivity index (χ1) is 12.4. The van der Waals surface area contributed by atoms with Crippen molar-refractivity contribution in [2.24, 2.45) is 7.05 Å². The molecule has 0 spiro atoms. The molecule has 140 valence electrons. The number of rotatable bonds is 4. The summed E-state index contributed by atoms with van der Waals surface area (Å²) >= 11 is 1.39. The van der Waals surface area contributed by atoms with Crippen molar-refractivity contribution in [1.29, 1.82) is 0 Å². The summed E-state index contributed by atoms with van der Waals surface area (Å²) in [6.07, 6.45) is 2.31. The van der Waals surface area contributed by atoms with Crippen LogP contribution in [-0.4, -0.2) is 51.3 Å².